The van der Waals surface area contributed by atoms with E-state index in [2.05, 4.69) is 10.1 Å². The van der Waals surface area contributed by atoms with Crippen molar-refractivity contribution in [2.75, 3.05) is 13.1 Å². The lowest BCUT2D eigenvalue weighted by atomic mass is 9.90. The molecule has 1 saturated heterocycles. The third-order valence-corrected chi connectivity index (χ3v) is 2.98. The molecular formula is C12H13F4NO. The Hall–Kier alpha value is -1.30. The van der Waals surface area contributed by atoms with E-state index < -0.39 is 17.9 Å². The van der Waals surface area contributed by atoms with Crippen molar-refractivity contribution in [3.05, 3.63) is 29.6 Å². The van der Waals surface area contributed by atoms with Crippen molar-refractivity contribution in [3.63, 3.8) is 0 Å². The summed E-state index contributed by atoms with van der Waals surface area (Å²) in [6, 6.07) is 3.34. The molecule has 0 bridgehead atoms. The average molecular weight is 263 g/mol. The maximum Gasteiger partial charge on any atom is 0.573 e. The highest BCUT2D eigenvalue weighted by Gasteiger charge is 2.31. The summed E-state index contributed by atoms with van der Waals surface area (Å²) in [5, 5.41) is 3.15. The van der Waals surface area contributed by atoms with E-state index in [1.54, 1.807) is 0 Å². The topological polar surface area (TPSA) is 21.3 Å². The van der Waals surface area contributed by atoms with E-state index in [-0.39, 0.29) is 5.92 Å². The van der Waals surface area contributed by atoms with Gasteiger partial charge < -0.3 is 10.1 Å². The fourth-order valence-electron chi connectivity index (χ4n) is 2.17. The summed E-state index contributed by atoms with van der Waals surface area (Å²) in [5.41, 5.74) is 0.464. The van der Waals surface area contributed by atoms with E-state index in [9.17, 15) is 17.6 Å². The molecule has 0 spiro atoms. The number of rotatable bonds is 2. The van der Waals surface area contributed by atoms with Gasteiger partial charge in [0.1, 0.15) is 11.6 Å². The number of alkyl halides is 3. The highest BCUT2D eigenvalue weighted by atomic mass is 19.4. The summed E-state index contributed by atoms with van der Waals surface area (Å²) in [6.45, 7) is 1.59. The molecule has 0 saturated carbocycles. The van der Waals surface area contributed by atoms with Gasteiger partial charge in [-0.3, -0.25) is 0 Å². The molecule has 1 heterocycles. The molecule has 0 aromatic heterocycles. The molecule has 0 unspecified atom stereocenters. The minimum Gasteiger partial charge on any atom is -0.406 e. The molecule has 0 radical (unpaired) electrons. The van der Waals surface area contributed by atoms with Crippen molar-refractivity contribution < 1.29 is 22.3 Å². The summed E-state index contributed by atoms with van der Waals surface area (Å²) in [7, 11) is 0. The molecule has 1 aliphatic rings. The Bertz CT molecular complexity index is 413. The highest BCUT2D eigenvalue weighted by molar-refractivity contribution is 5.31. The second-order valence-electron chi connectivity index (χ2n) is 4.26. The zero-order valence-electron chi connectivity index (χ0n) is 9.56. The summed E-state index contributed by atoms with van der Waals surface area (Å²) in [5.74, 6) is -1.09. The van der Waals surface area contributed by atoms with Crippen molar-refractivity contribution in [1.82, 2.24) is 5.32 Å². The number of piperidine rings is 1. The van der Waals surface area contributed by atoms with E-state index >= 15 is 0 Å². The van der Waals surface area contributed by atoms with Gasteiger partial charge in [-0.1, -0.05) is 6.07 Å². The summed E-state index contributed by atoms with van der Waals surface area (Å²) in [4.78, 5) is 0. The van der Waals surface area contributed by atoms with E-state index in [4.69, 9.17) is 0 Å². The Morgan fingerprint density at radius 1 is 1.17 bits per heavy atom. The molecule has 1 aromatic rings. The van der Waals surface area contributed by atoms with Crippen LogP contribution in [0.5, 0.6) is 5.75 Å². The van der Waals surface area contributed by atoms with Gasteiger partial charge in [-0.2, -0.15) is 0 Å². The van der Waals surface area contributed by atoms with Crippen LogP contribution in [-0.2, 0) is 0 Å². The average Bonchev–Trinajstić information content (AvgIpc) is 2.28. The molecule has 1 aliphatic heterocycles. The van der Waals surface area contributed by atoms with Crippen LogP contribution in [0, 0.1) is 5.82 Å². The SMILES string of the molecule is Fc1cc(OC(F)(F)F)ccc1C1CCNCC1. The molecule has 1 N–H and O–H groups in total. The van der Waals surface area contributed by atoms with E-state index in [0.717, 1.165) is 38.1 Å². The monoisotopic (exact) mass is 263 g/mol. The van der Waals surface area contributed by atoms with Crippen LogP contribution < -0.4 is 10.1 Å². The van der Waals surface area contributed by atoms with Gasteiger partial charge in [0.2, 0.25) is 0 Å². The summed E-state index contributed by atoms with van der Waals surface area (Å²) in [6.07, 6.45) is -3.21. The van der Waals surface area contributed by atoms with Crippen molar-refractivity contribution in [2.24, 2.45) is 0 Å². The van der Waals surface area contributed by atoms with Crippen LogP contribution in [0.1, 0.15) is 24.3 Å². The minimum atomic E-state index is -4.79. The van der Waals surface area contributed by atoms with Crippen molar-refractivity contribution in [3.8, 4) is 5.75 Å². The van der Waals surface area contributed by atoms with E-state index in [1.165, 1.54) is 6.07 Å². The Morgan fingerprint density at radius 2 is 1.83 bits per heavy atom. The van der Waals surface area contributed by atoms with Crippen LogP contribution in [0.25, 0.3) is 0 Å². The van der Waals surface area contributed by atoms with Crippen LogP contribution in [0.3, 0.4) is 0 Å². The predicted octanol–water partition coefficient (Wildman–Crippen LogP) is 3.19. The van der Waals surface area contributed by atoms with Gasteiger partial charge in [0.15, 0.2) is 0 Å². The predicted molar refractivity (Wildman–Crippen MR) is 57.9 cm³/mol. The number of benzene rings is 1. The molecule has 2 nitrogen and oxygen atoms in total. The molecule has 100 valence electrons. The Balaban J connectivity index is 2.14. The first-order chi connectivity index (χ1) is 8.46. The number of nitrogens with one attached hydrogen (secondary N) is 1. The van der Waals surface area contributed by atoms with Crippen LogP contribution in [0.4, 0.5) is 17.6 Å². The molecule has 6 heteroatoms. The van der Waals surface area contributed by atoms with E-state index in [0.29, 0.717) is 5.56 Å². The molecule has 0 aliphatic carbocycles. The molecule has 2 rings (SSSR count). The Kier molecular flexibility index (Phi) is 3.75. The van der Waals surface area contributed by atoms with Crippen molar-refractivity contribution >= 4 is 0 Å². The third kappa shape index (κ3) is 3.35. The molecule has 1 aromatic carbocycles. The lowest BCUT2D eigenvalue weighted by molar-refractivity contribution is -0.274. The quantitative estimate of drug-likeness (QED) is 0.827. The molecule has 0 amide bonds. The number of hydrogen-bond donors (Lipinski definition) is 1. The van der Waals surface area contributed by atoms with Gasteiger partial charge in [0.25, 0.3) is 0 Å². The summed E-state index contributed by atoms with van der Waals surface area (Å²) < 4.78 is 53.3. The van der Waals surface area contributed by atoms with Gasteiger partial charge in [-0.25, -0.2) is 4.39 Å². The molecular weight excluding hydrogens is 250 g/mol. The van der Waals surface area contributed by atoms with E-state index in [1.807, 2.05) is 0 Å². The van der Waals surface area contributed by atoms with Gasteiger partial charge >= 0.3 is 6.36 Å². The molecule has 1 fully saturated rings. The third-order valence-electron chi connectivity index (χ3n) is 2.98. The first-order valence-electron chi connectivity index (χ1n) is 5.71. The first-order valence-corrected chi connectivity index (χ1v) is 5.71. The smallest absolute Gasteiger partial charge is 0.406 e. The lowest BCUT2D eigenvalue weighted by Gasteiger charge is -2.23. The Morgan fingerprint density at radius 3 is 2.39 bits per heavy atom. The maximum absolute atomic E-state index is 13.7. The van der Waals surface area contributed by atoms with Gasteiger partial charge in [0, 0.05) is 6.07 Å². The van der Waals surface area contributed by atoms with Gasteiger partial charge in [-0.05, 0) is 43.5 Å². The normalized spacial score (nSPS) is 17.8. The molecule has 0 atom stereocenters. The standard InChI is InChI=1S/C12H13F4NO/c13-11-7-9(18-12(14,15)16)1-2-10(11)8-3-5-17-6-4-8/h1-2,7-8,17H,3-6H2. The summed E-state index contributed by atoms with van der Waals surface area (Å²) >= 11 is 0. The first kappa shape index (κ1) is 13.1. The van der Waals surface area contributed by atoms with Crippen LogP contribution >= 0.6 is 0 Å². The molecule has 18 heavy (non-hydrogen) atoms. The van der Waals surface area contributed by atoms with Gasteiger partial charge in [-0.15, -0.1) is 13.2 Å². The highest BCUT2D eigenvalue weighted by Crippen LogP contribution is 2.31. The van der Waals surface area contributed by atoms with Crippen molar-refractivity contribution in [1.29, 1.82) is 0 Å². The van der Waals surface area contributed by atoms with Crippen LogP contribution in [-0.4, -0.2) is 19.5 Å². The second kappa shape index (κ2) is 5.14. The largest absolute Gasteiger partial charge is 0.573 e. The van der Waals surface area contributed by atoms with Crippen molar-refractivity contribution in [2.45, 2.75) is 25.1 Å². The van der Waals surface area contributed by atoms with Crippen LogP contribution in [0.15, 0.2) is 18.2 Å². The number of halogens is 4. The van der Waals surface area contributed by atoms with Crippen LogP contribution in [0.2, 0.25) is 0 Å². The Labute approximate surface area is 102 Å². The number of ether oxygens (including phenoxy) is 1. The van der Waals surface area contributed by atoms with Gasteiger partial charge in [0.05, 0.1) is 0 Å². The fourth-order valence-corrected chi connectivity index (χ4v) is 2.17. The maximum atomic E-state index is 13.7. The zero-order valence-corrected chi connectivity index (χ0v) is 9.56. The second-order valence-corrected chi connectivity index (χ2v) is 4.26. The lowest BCUT2D eigenvalue weighted by Crippen LogP contribution is -2.27. The minimum absolute atomic E-state index is 0.0613. The zero-order chi connectivity index (χ0) is 13.2. The fraction of sp³-hybridized carbons (Fsp3) is 0.500. The number of hydrogen-bond acceptors (Lipinski definition) is 2.